The third-order valence-electron chi connectivity index (χ3n) is 3.68. The van der Waals surface area contributed by atoms with Crippen LogP contribution in [0.3, 0.4) is 0 Å². The molecule has 0 amide bonds. The maximum atomic E-state index is 13.3. The summed E-state index contributed by atoms with van der Waals surface area (Å²) in [6, 6.07) is 6.91. The fraction of sp³-hybridized carbons (Fsp3) is 0.333. The first-order valence-corrected chi connectivity index (χ1v) is 8.62. The molecule has 0 unspecified atom stereocenters. The SMILES string of the molecule is CCOC(=O)Cn1c(C(F)(F)F)nc(CCC(=O)c2ccc(Cl)cc2)cc1=O. The van der Waals surface area contributed by atoms with Crippen molar-refractivity contribution in [3.8, 4) is 0 Å². The van der Waals surface area contributed by atoms with E-state index in [0.717, 1.165) is 6.07 Å². The number of ether oxygens (including phenoxy) is 1. The number of alkyl halides is 3. The molecule has 0 aliphatic heterocycles. The van der Waals surface area contributed by atoms with E-state index in [1.54, 1.807) is 0 Å². The summed E-state index contributed by atoms with van der Waals surface area (Å²) in [4.78, 5) is 39.2. The monoisotopic (exact) mass is 416 g/mol. The van der Waals surface area contributed by atoms with E-state index in [9.17, 15) is 27.6 Å². The van der Waals surface area contributed by atoms with E-state index in [-0.39, 0.29) is 35.5 Å². The van der Waals surface area contributed by atoms with Gasteiger partial charge in [0.15, 0.2) is 5.78 Å². The van der Waals surface area contributed by atoms with Crippen LogP contribution in [-0.2, 0) is 28.7 Å². The van der Waals surface area contributed by atoms with Gasteiger partial charge in [0, 0.05) is 28.8 Å². The number of ketones is 1. The third-order valence-corrected chi connectivity index (χ3v) is 3.93. The molecule has 0 bridgehead atoms. The fourth-order valence-corrected chi connectivity index (χ4v) is 2.53. The fourth-order valence-electron chi connectivity index (χ4n) is 2.41. The molecule has 2 aromatic rings. The predicted octanol–water partition coefficient (Wildman–Crippen LogP) is 3.29. The van der Waals surface area contributed by atoms with E-state index >= 15 is 0 Å². The molecule has 0 aliphatic carbocycles. The average Bonchev–Trinajstić information content (AvgIpc) is 2.61. The highest BCUT2D eigenvalue weighted by Crippen LogP contribution is 2.27. The lowest BCUT2D eigenvalue weighted by Crippen LogP contribution is -2.33. The number of benzene rings is 1. The van der Waals surface area contributed by atoms with Gasteiger partial charge >= 0.3 is 12.1 Å². The van der Waals surface area contributed by atoms with Crippen molar-refractivity contribution in [1.82, 2.24) is 9.55 Å². The molecule has 150 valence electrons. The van der Waals surface area contributed by atoms with Crippen LogP contribution in [0, 0.1) is 0 Å². The van der Waals surface area contributed by atoms with Crippen LogP contribution in [0.1, 0.15) is 35.2 Å². The lowest BCUT2D eigenvalue weighted by atomic mass is 10.1. The van der Waals surface area contributed by atoms with Gasteiger partial charge in [0.05, 0.1) is 6.61 Å². The van der Waals surface area contributed by atoms with Gasteiger partial charge in [-0.15, -0.1) is 0 Å². The van der Waals surface area contributed by atoms with Crippen molar-refractivity contribution in [2.45, 2.75) is 32.5 Å². The van der Waals surface area contributed by atoms with Crippen LogP contribution in [0.4, 0.5) is 13.2 Å². The number of rotatable bonds is 7. The maximum Gasteiger partial charge on any atom is 0.449 e. The van der Waals surface area contributed by atoms with Crippen LogP contribution in [0.2, 0.25) is 5.02 Å². The Hall–Kier alpha value is -2.68. The van der Waals surface area contributed by atoms with Gasteiger partial charge in [0.1, 0.15) is 6.54 Å². The molecule has 10 heteroatoms. The molecule has 1 heterocycles. The largest absolute Gasteiger partial charge is 0.465 e. The number of Topliss-reactive ketones (excluding diaryl/α,β-unsaturated/α-hetero) is 1. The average molecular weight is 417 g/mol. The van der Waals surface area contributed by atoms with Crippen LogP contribution < -0.4 is 5.56 Å². The van der Waals surface area contributed by atoms with Gasteiger partial charge in [0.2, 0.25) is 5.82 Å². The molecule has 0 radical (unpaired) electrons. The summed E-state index contributed by atoms with van der Waals surface area (Å²) in [5.74, 6) is -2.83. The first kappa shape index (κ1) is 21.6. The second-order valence-electron chi connectivity index (χ2n) is 5.73. The minimum Gasteiger partial charge on any atom is -0.465 e. The first-order chi connectivity index (χ1) is 13.1. The zero-order chi connectivity index (χ0) is 20.9. The van der Waals surface area contributed by atoms with E-state index in [4.69, 9.17) is 11.6 Å². The summed E-state index contributed by atoms with van der Waals surface area (Å²) in [5, 5.41) is 0.443. The minimum atomic E-state index is -4.96. The number of carbonyl (C=O) groups is 2. The molecule has 1 aromatic heterocycles. The second kappa shape index (κ2) is 9.01. The number of hydrogen-bond donors (Lipinski definition) is 0. The van der Waals surface area contributed by atoms with Crippen molar-refractivity contribution in [2.24, 2.45) is 0 Å². The zero-order valence-electron chi connectivity index (χ0n) is 14.8. The van der Waals surface area contributed by atoms with Crippen molar-refractivity contribution < 1.29 is 27.5 Å². The summed E-state index contributed by atoms with van der Waals surface area (Å²) < 4.78 is 44.7. The van der Waals surface area contributed by atoms with Crippen LogP contribution in [-0.4, -0.2) is 27.9 Å². The lowest BCUT2D eigenvalue weighted by molar-refractivity contribution is -0.152. The van der Waals surface area contributed by atoms with E-state index < -0.39 is 30.1 Å². The highest BCUT2D eigenvalue weighted by Gasteiger charge is 2.37. The quantitative estimate of drug-likeness (QED) is 0.511. The summed E-state index contributed by atoms with van der Waals surface area (Å²) in [6.45, 7) is 0.552. The van der Waals surface area contributed by atoms with Gasteiger partial charge in [-0.25, -0.2) is 4.98 Å². The molecule has 0 aliphatic rings. The number of esters is 1. The molecule has 0 saturated carbocycles. The number of hydrogen-bond acceptors (Lipinski definition) is 5. The van der Waals surface area contributed by atoms with Gasteiger partial charge in [-0.2, -0.15) is 13.2 Å². The molecule has 1 aromatic carbocycles. The molecule has 2 rings (SSSR count). The summed E-state index contributed by atoms with van der Waals surface area (Å²) in [7, 11) is 0. The Morgan fingerprint density at radius 2 is 1.86 bits per heavy atom. The molecule has 0 spiro atoms. The predicted molar refractivity (Wildman–Crippen MR) is 94.2 cm³/mol. The maximum absolute atomic E-state index is 13.3. The second-order valence-corrected chi connectivity index (χ2v) is 6.16. The summed E-state index contributed by atoms with van der Waals surface area (Å²) in [6.07, 6.45) is -5.27. The zero-order valence-corrected chi connectivity index (χ0v) is 15.5. The Balaban J connectivity index is 2.24. The van der Waals surface area contributed by atoms with Gasteiger partial charge < -0.3 is 4.74 Å². The van der Waals surface area contributed by atoms with E-state index in [1.807, 2.05) is 0 Å². The third kappa shape index (κ3) is 5.66. The Bertz CT molecular complexity index is 924. The number of carbonyl (C=O) groups excluding carboxylic acids is 2. The Kier molecular flexibility index (Phi) is 6.95. The molecule has 0 N–H and O–H groups in total. The van der Waals surface area contributed by atoms with Crippen molar-refractivity contribution in [3.05, 3.63) is 62.8 Å². The van der Waals surface area contributed by atoms with Crippen LogP contribution in [0.5, 0.6) is 0 Å². The molecule has 28 heavy (non-hydrogen) atoms. The van der Waals surface area contributed by atoms with Crippen molar-refractivity contribution in [1.29, 1.82) is 0 Å². The highest BCUT2D eigenvalue weighted by molar-refractivity contribution is 6.30. The van der Waals surface area contributed by atoms with E-state index in [1.165, 1.54) is 31.2 Å². The molecule has 0 saturated heterocycles. The van der Waals surface area contributed by atoms with Gasteiger partial charge in [-0.3, -0.25) is 19.0 Å². The molecule has 0 atom stereocenters. The first-order valence-electron chi connectivity index (χ1n) is 8.24. The van der Waals surface area contributed by atoms with Crippen molar-refractivity contribution >= 4 is 23.4 Å². The van der Waals surface area contributed by atoms with Crippen LogP contribution >= 0.6 is 11.6 Å². The topological polar surface area (TPSA) is 78.3 Å². The number of aryl methyl sites for hydroxylation is 1. The highest BCUT2D eigenvalue weighted by atomic mass is 35.5. The molecular weight excluding hydrogens is 401 g/mol. The molecule has 6 nitrogen and oxygen atoms in total. The number of aromatic nitrogens is 2. The van der Waals surface area contributed by atoms with Crippen LogP contribution in [0.25, 0.3) is 0 Å². The van der Waals surface area contributed by atoms with E-state index in [2.05, 4.69) is 9.72 Å². The van der Waals surface area contributed by atoms with E-state index in [0.29, 0.717) is 10.6 Å². The Morgan fingerprint density at radius 3 is 2.43 bits per heavy atom. The molecular formula is C18H16ClF3N2O4. The van der Waals surface area contributed by atoms with Crippen molar-refractivity contribution in [3.63, 3.8) is 0 Å². The lowest BCUT2D eigenvalue weighted by Gasteiger charge is -2.15. The van der Waals surface area contributed by atoms with Crippen molar-refractivity contribution in [2.75, 3.05) is 6.61 Å². The standard InChI is InChI=1S/C18H16ClF3N2O4/c1-2-28-16(27)10-24-15(26)9-13(23-17(24)18(20,21)22)7-8-14(25)11-3-5-12(19)6-4-11/h3-6,9H,2,7-8,10H2,1H3. The number of nitrogens with zero attached hydrogens (tertiary/aromatic N) is 2. The Labute approximate surface area is 162 Å². The summed E-state index contributed by atoms with van der Waals surface area (Å²) >= 11 is 5.74. The van der Waals surface area contributed by atoms with Crippen LogP contribution in [0.15, 0.2) is 35.1 Å². The Morgan fingerprint density at radius 1 is 1.21 bits per heavy atom. The minimum absolute atomic E-state index is 0.0345. The smallest absolute Gasteiger partial charge is 0.449 e. The number of halogens is 4. The summed E-state index contributed by atoms with van der Waals surface area (Å²) in [5.41, 5.74) is -0.903. The van der Waals surface area contributed by atoms with Gasteiger partial charge in [-0.1, -0.05) is 11.6 Å². The van der Waals surface area contributed by atoms with Gasteiger partial charge in [0.25, 0.3) is 5.56 Å². The molecule has 0 fully saturated rings. The van der Waals surface area contributed by atoms with Gasteiger partial charge in [-0.05, 0) is 37.6 Å². The normalized spacial score (nSPS) is 11.3.